The molecule has 0 amide bonds. The smallest absolute Gasteiger partial charge is 0.204 e. The van der Waals surface area contributed by atoms with Crippen LogP contribution in [0.5, 0.6) is 23.0 Å². The van der Waals surface area contributed by atoms with Crippen molar-refractivity contribution in [2.45, 2.75) is 13.8 Å². The lowest BCUT2D eigenvalue weighted by molar-refractivity contribution is 0.0840. The zero-order valence-electron chi connectivity index (χ0n) is 12.2. The average molecular weight is 284 g/mol. The second-order valence-electron chi connectivity index (χ2n) is 3.85. The monoisotopic (exact) mass is 284 g/mol. The van der Waals surface area contributed by atoms with Gasteiger partial charge in [-0.15, -0.1) is 0 Å². The number of ether oxygens (including phenoxy) is 4. The molecule has 0 aliphatic carbocycles. The van der Waals surface area contributed by atoms with Crippen LogP contribution in [0.25, 0.3) is 0 Å². The first-order valence-electron chi connectivity index (χ1n) is 6.32. The second-order valence-corrected chi connectivity index (χ2v) is 3.85. The van der Waals surface area contributed by atoms with Gasteiger partial charge in [0.15, 0.2) is 17.3 Å². The van der Waals surface area contributed by atoms with E-state index in [4.69, 9.17) is 18.9 Å². The highest BCUT2D eigenvalue weighted by Crippen LogP contribution is 2.44. The van der Waals surface area contributed by atoms with Crippen LogP contribution < -0.4 is 14.2 Å². The molecule has 0 radical (unpaired) electrons. The highest BCUT2D eigenvalue weighted by molar-refractivity contribution is 6.03. The third-order valence-electron chi connectivity index (χ3n) is 2.54. The van der Waals surface area contributed by atoms with Crippen molar-refractivity contribution in [2.24, 2.45) is 0 Å². The van der Waals surface area contributed by atoms with Gasteiger partial charge >= 0.3 is 0 Å². The molecule has 0 aliphatic heterocycles. The number of carbonyl (C=O) groups is 1. The van der Waals surface area contributed by atoms with Gasteiger partial charge in [0, 0.05) is 13.2 Å². The number of ketones is 1. The van der Waals surface area contributed by atoms with Crippen LogP contribution in [-0.2, 0) is 4.74 Å². The van der Waals surface area contributed by atoms with Crippen molar-refractivity contribution < 1.29 is 28.8 Å². The van der Waals surface area contributed by atoms with Crippen molar-refractivity contribution in [3.8, 4) is 23.0 Å². The molecule has 1 N–H and O–H groups in total. The van der Waals surface area contributed by atoms with Crippen molar-refractivity contribution >= 4 is 5.78 Å². The lowest BCUT2D eigenvalue weighted by Crippen LogP contribution is -2.11. The van der Waals surface area contributed by atoms with Gasteiger partial charge in [-0.05, 0) is 13.8 Å². The summed E-state index contributed by atoms with van der Waals surface area (Å²) in [6.45, 7) is 4.18. The summed E-state index contributed by atoms with van der Waals surface area (Å²) < 4.78 is 20.7. The molecule has 0 unspecified atom stereocenters. The van der Waals surface area contributed by atoms with E-state index in [1.54, 1.807) is 13.8 Å². The Morgan fingerprint density at radius 3 is 2.25 bits per heavy atom. The molecule has 0 bridgehead atoms. The Labute approximate surface area is 118 Å². The normalized spacial score (nSPS) is 10.2. The summed E-state index contributed by atoms with van der Waals surface area (Å²) in [5.74, 6) is -0.0188. The molecule has 6 heteroatoms. The fourth-order valence-corrected chi connectivity index (χ4v) is 1.81. The minimum Gasteiger partial charge on any atom is -0.504 e. The van der Waals surface area contributed by atoms with Gasteiger partial charge < -0.3 is 24.1 Å². The van der Waals surface area contributed by atoms with Gasteiger partial charge in [-0.1, -0.05) is 0 Å². The minimum absolute atomic E-state index is 0.0361. The van der Waals surface area contributed by atoms with Crippen LogP contribution in [-0.4, -0.2) is 44.9 Å². The SMILES string of the molecule is CCOc1cc(OCC)c(C(=O)COC)c(O)c1OC. The summed E-state index contributed by atoms with van der Waals surface area (Å²) in [5, 5.41) is 10.2. The summed E-state index contributed by atoms with van der Waals surface area (Å²) in [4.78, 5) is 12.0. The topological polar surface area (TPSA) is 74.2 Å². The molecule has 0 aliphatic rings. The number of phenols is 1. The van der Waals surface area contributed by atoms with E-state index in [9.17, 15) is 9.90 Å². The van der Waals surface area contributed by atoms with Gasteiger partial charge in [0.2, 0.25) is 5.75 Å². The third kappa shape index (κ3) is 3.33. The van der Waals surface area contributed by atoms with Crippen LogP contribution in [0.4, 0.5) is 0 Å². The van der Waals surface area contributed by atoms with E-state index in [1.165, 1.54) is 20.3 Å². The molecule has 0 saturated heterocycles. The van der Waals surface area contributed by atoms with E-state index in [1.807, 2.05) is 0 Å². The summed E-state index contributed by atoms with van der Waals surface area (Å²) in [5.41, 5.74) is 0.0361. The number of methoxy groups -OCH3 is 2. The van der Waals surface area contributed by atoms with Crippen molar-refractivity contribution in [1.29, 1.82) is 0 Å². The first-order valence-corrected chi connectivity index (χ1v) is 6.32. The fraction of sp³-hybridized carbons (Fsp3) is 0.500. The quantitative estimate of drug-likeness (QED) is 0.736. The van der Waals surface area contributed by atoms with Gasteiger partial charge in [-0.25, -0.2) is 0 Å². The molecule has 0 spiro atoms. The van der Waals surface area contributed by atoms with E-state index >= 15 is 0 Å². The zero-order valence-corrected chi connectivity index (χ0v) is 12.2. The van der Waals surface area contributed by atoms with Gasteiger partial charge in [0.1, 0.15) is 17.9 Å². The molecule has 0 fully saturated rings. The molecular formula is C14H20O6. The molecule has 0 aromatic heterocycles. The van der Waals surface area contributed by atoms with E-state index in [2.05, 4.69) is 0 Å². The van der Waals surface area contributed by atoms with E-state index in [0.29, 0.717) is 19.0 Å². The number of rotatable bonds is 8. The van der Waals surface area contributed by atoms with E-state index in [-0.39, 0.29) is 29.4 Å². The molecule has 0 atom stereocenters. The van der Waals surface area contributed by atoms with Gasteiger partial charge in [-0.2, -0.15) is 0 Å². The Bertz CT molecular complexity index is 469. The van der Waals surface area contributed by atoms with E-state index < -0.39 is 5.78 Å². The number of phenolic OH excluding ortho intramolecular Hbond substituents is 1. The molecule has 1 aromatic carbocycles. The van der Waals surface area contributed by atoms with Crippen molar-refractivity contribution in [1.82, 2.24) is 0 Å². The molecule has 112 valence electrons. The molecule has 0 heterocycles. The standard InChI is InChI=1S/C14H20O6/c1-5-19-10-7-11(20-6-2)14(18-4)13(16)12(10)9(15)8-17-3/h7,16H,5-6,8H2,1-4H3. The summed E-state index contributed by atoms with van der Waals surface area (Å²) in [6.07, 6.45) is 0. The molecule has 0 saturated carbocycles. The Hall–Kier alpha value is -1.95. The van der Waals surface area contributed by atoms with E-state index in [0.717, 1.165) is 0 Å². The van der Waals surface area contributed by atoms with Crippen molar-refractivity contribution in [3.63, 3.8) is 0 Å². The van der Waals surface area contributed by atoms with Gasteiger partial charge in [0.25, 0.3) is 0 Å². The van der Waals surface area contributed by atoms with Crippen LogP contribution in [0.3, 0.4) is 0 Å². The molecule has 1 rings (SSSR count). The lowest BCUT2D eigenvalue weighted by atomic mass is 10.1. The van der Waals surface area contributed by atoms with Crippen molar-refractivity contribution in [2.75, 3.05) is 34.0 Å². The Morgan fingerprint density at radius 1 is 1.15 bits per heavy atom. The third-order valence-corrected chi connectivity index (χ3v) is 2.54. The Morgan fingerprint density at radius 2 is 1.75 bits per heavy atom. The first-order chi connectivity index (χ1) is 9.60. The molecular weight excluding hydrogens is 264 g/mol. The average Bonchev–Trinajstić information content (AvgIpc) is 2.40. The number of carbonyl (C=O) groups excluding carboxylic acids is 1. The fourth-order valence-electron chi connectivity index (χ4n) is 1.81. The predicted molar refractivity (Wildman–Crippen MR) is 73.2 cm³/mol. The largest absolute Gasteiger partial charge is 0.504 e. The maximum absolute atomic E-state index is 12.0. The minimum atomic E-state index is -0.394. The van der Waals surface area contributed by atoms with Crippen LogP contribution in [0.2, 0.25) is 0 Å². The Balaban J connectivity index is 3.42. The van der Waals surface area contributed by atoms with Crippen LogP contribution >= 0.6 is 0 Å². The van der Waals surface area contributed by atoms with Gasteiger partial charge in [0.05, 0.1) is 20.3 Å². The molecule has 20 heavy (non-hydrogen) atoms. The second kappa shape index (κ2) is 7.59. The lowest BCUT2D eigenvalue weighted by Gasteiger charge is -2.17. The Kier molecular flexibility index (Phi) is 6.11. The number of Topliss-reactive ketones (excluding diaryl/α,β-unsaturated/α-hetero) is 1. The van der Waals surface area contributed by atoms with Crippen LogP contribution in [0.15, 0.2) is 6.07 Å². The summed E-state index contributed by atoms with van der Waals surface area (Å²) in [7, 11) is 2.80. The number of hydrogen-bond acceptors (Lipinski definition) is 6. The van der Waals surface area contributed by atoms with Gasteiger partial charge in [-0.3, -0.25) is 4.79 Å². The highest BCUT2D eigenvalue weighted by Gasteiger charge is 2.25. The van der Waals surface area contributed by atoms with Crippen LogP contribution in [0.1, 0.15) is 24.2 Å². The highest BCUT2D eigenvalue weighted by atomic mass is 16.5. The zero-order chi connectivity index (χ0) is 15.1. The van der Waals surface area contributed by atoms with Crippen molar-refractivity contribution in [3.05, 3.63) is 11.6 Å². The number of hydrogen-bond donors (Lipinski definition) is 1. The van der Waals surface area contributed by atoms with Crippen LogP contribution in [0, 0.1) is 0 Å². The molecule has 6 nitrogen and oxygen atoms in total. The number of benzene rings is 1. The maximum Gasteiger partial charge on any atom is 0.204 e. The molecule has 1 aromatic rings. The maximum atomic E-state index is 12.0. The predicted octanol–water partition coefficient (Wildman–Crippen LogP) is 2.03. The number of aromatic hydroxyl groups is 1. The summed E-state index contributed by atoms with van der Waals surface area (Å²) >= 11 is 0. The summed E-state index contributed by atoms with van der Waals surface area (Å²) in [6, 6.07) is 1.54. The first kappa shape index (κ1) is 16.1.